The van der Waals surface area contributed by atoms with Crippen molar-refractivity contribution in [3.8, 4) is 6.01 Å². The number of fused-ring (bicyclic) bond motifs is 2. The van der Waals surface area contributed by atoms with Crippen molar-refractivity contribution in [3.63, 3.8) is 0 Å². The SMILES string of the molecule is COCCOc1nc(N)c2[nH]c(=O)n(Cc3ccc(CNC(=O)CCCC[C@@H]4SC[C@]5(C)NC(=O)N[C@]45C)cc3)c2n1. The molecule has 0 saturated carbocycles. The fourth-order valence-corrected chi connectivity index (χ4v) is 7.41. The predicted molar refractivity (Wildman–Crippen MR) is 161 cm³/mol. The monoisotopic (exact) mass is 598 g/mol. The largest absolute Gasteiger partial charge is 0.461 e. The van der Waals surface area contributed by atoms with E-state index in [4.69, 9.17) is 15.2 Å². The maximum atomic E-state index is 12.6. The number of benzene rings is 1. The van der Waals surface area contributed by atoms with Gasteiger partial charge in [0.2, 0.25) is 5.91 Å². The minimum absolute atomic E-state index is 0.0103. The minimum Gasteiger partial charge on any atom is -0.461 e. The number of methoxy groups -OCH3 is 1. The van der Waals surface area contributed by atoms with E-state index in [9.17, 15) is 14.4 Å². The number of nitrogens with one attached hydrogen (secondary N) is 4. The van der Waals surface area contributed by atoms with Crippen LogP contribution in [0.25, 0.3) is 11.2 Å². The van der Waals surface area contributed by atoms with Crippen molar-refractivity contribution in [2.45, 2.75) is 68.9 Å². The lowest BCUT2D eigenvalue weighted by Crippen LogP contribution is -2.58. The van der Waals surface area contributed by atoms with Crippen molar-refractivity contribution in [3.05, 3.63) is 45.9 Å². The summed E-state index contributed by atoms with van der Waals surface area (Å²) in [5.74, 6) is 1.03. The third kappa shape index (κ3) is 6.04. The summed E-state index contributed by atoms with van der Waals surface area (Å²) >= 11 is 1.89. The molecule has 3 aromatic rings. The topological polar surface area (TPSA) is 178 Å². The Morgan fingerprint density at radius 1 is 1.14 bits per heavy atom. The van der Waals surface area contributed by atoms with E-state index in [2.05, 4.69) is 44.7 Å². The van der Waals surface area contributed by atoms with Crippen LogP contribution in [0.15, 0.2) is 29.1 Å². The van der Waals surface area contributed by atoms with Gasteiger partial charge in [0.05, 0.1) is 24.2 Å². The maximum absolute atomic E-state index is 12.6. The molecule has 2 aliphatic heterocycles. The molecule has 0 bridgehead atoms. The number of hydrogen-bond acceptors (Lipinski definition) is 9. The molecule has 0 radical (unpaired) electrons. The molecule has 3 atom stereocenters. The lowest BCUT2D eigenvalue weighted by molar-refractivity contribution is -0.121. The molecule has 0 spiro atoms. The van der Waals surface area contributed by atoms with Gasteiger partial charge in [-0.15, -0.1) is 0 Å². The average Bonchev–Trinajstić information content (AvgIpc) is 3.48. The predicted octanol–water partition coefficient (Wildman–Crippen LogP) is 1.90. The van der Waals surface area contributed by atoms with Crippen molar-refractivity contribution in [1.82, 2.24) is 35.5 Å². The summed E-state index contributed by atoms with van der Waals surface area (Å²) in [5.41, 5.74) is 7.72. The van der Waals surface area contributed by atoms with Gasteiger partial charge in [-0.25, -0.2) is 9.59 Å². The molecule has 226 valence electrons. The Labute approximate surface area is 247 Å². The van der Waals surface area contributed by atoms with Crippen molar-refractivity contribution >= 4 is 40.7 Å². The number of amides is 3. The van der Waals surface area contributed by atoms with Gasteiger partial charge in [0, 0.05) is 31.1 Å². The molecule has 0 aliphatic carbocycles. The number of nitrogens with two attached hydrogens (primary N) is 1. The molecular weight excluding hydrogens is 560 g/mol. The number of unbranched alkanes of at least 4 members (excludes halogenated alkanes) is 1. The number of carbonyl (C=O) groups is 2. The smallest absolute Gasteiger partial charge is 0.328 e. The normalized spacial score (nSPS) is 23.0. The quantitative estimate of drug-likeness (QED) is 0.145. The first kappa shape index (κ1) is 29.7. The standard InChI is InChI=1S/C28H38N8O5S/c1-27-16-42-19(28(27,2)35-24(38)34-27)6-4-5-7-20(37)30-14-17-8-10-18(11-9-17)15-36-23-21(31-26(36)39)22(29)32-25(33-23)41-13-12-40-3/h8-11,19H,4-7,12-16H2,1-3H3,(H,30,37)(H,31,39)(H2,29,32,33)(H2,34,35,38)/t19-,27-,28+/m0/s1. The van der Waals surface area contributed by atoms with Crippen molar-refractivity contribution in [2.75, 3.05) is 31.8 Å². The van der Waals surface area contributed by atoms with E-state index >= 15 is 0 Å². The number of nitrogen functional groups attached to an aromatic ring is 1. The first-order chi connectivity index (χ1) is 20.1. The van der Waals surface area contributed by atoms with Gasteiger partial charge in [-0.1, -0.05) is 30.7 Å². The Morgan fingerprint density at radius 2 is 1.90 bits per heavy atom. The molecule has 1 aromatic carbocycles. The summed E-state index contributed by atoms with van der Waals surface area (Å²) in [4.78, 5) is 48.2. The van der Waals surface area contributed by atoms with Crippen molar-refractivity contribution in [1.29, 1.82) is 0 Å². The highest BCUT2D eigenvalue weighted by atomic mass is 32.2. The van der Waals surface area contributed by atoms with Gasteiger partial charge in [-0.3, -0.25) is 9.36 Å². The Morgan fingerprint density at radius 3 is 2.67 bits per heavy atom. The Bertz CT molecular complexity index is 1510. The van der Waals surface area contributed by atoms with Crippen LogP contribution >= 0.6 is 11.8 Å². The van der Waals surface area contributed by atoms with E-state index in [1.165, 1.54) is 4.57 Å². The molecule has 2 aliphatic rings. The number of hydrogen-bond donors (Lipinski definition) is 5. The fourth-order valence-electron chi connectivity index (χ4n) is 5.52. The van der Waals surface area contributed by atoms with E-state index in [1.807, 2.05) is 36.0 Å². The van der Waals surface area contributed by atoms with Crippen LogP contribution in [0.5, 0.6) is 6.01 Å². The summed E-state index contributed by atoms with van der Waals surface area (Å²) in [5, 5.41) is 9.51. The molecule has 0 unspecified atom stereocenters. The van der Waals surface area contributed by atoms with Gasteiger partial charge in [0.25, 0.3) is 0 Å². The van der Waals surface area contributed by atoms with Crippen molar-refractivity contribution in [2.24, 2.45) is 0 Å². The number of nitrogens with zero attached hydrogens (tertiary/aromatic N) is 3. The Balaban J connectivity index is 1.09. The number of thioether (sulfide) groups is 1. The van der Waals surface area contributed by atoms with Crippen LogP contribution in [0.4, 0.5) is 10.6 Å². The van der Waals surface area contributed by atoms with Crippen LogP contribution < -0.4 is 32.1 Å². The lowest BCUT2D eigenvalue weighted by Gasteiger charge is -2.35. The van der Waals surface area contributed by atoms with E-state index in [-0.39, 0.29) is 53.7 Å². The maximum Gasteiger partial charge on any atom is 0.328 e. The van der Waals surface area contributed by atoms with Crippen LogP contribution in [0.2, 0.25) is 0 Å². The lowest BCUT2D eigenvalue weighted by atomic mass is 9.79. The van der Waals surface area contributed by atoms with Crippen LogP contribution in [0.1, 0.15) is 50.7 Å². The minimum atomic E-state index is -0.351. The molecule has 2 saturated heterocycles. The second kappa shape index (κ2) is 12.2. The van der Waals surface area contributed by atoms with E-state index in [0.29, 0.717) is 36.0 Å². The fraction of sp³-hybridized carbons (Fsp3) is 0.536. The highest BCUT2D eigenvalue weighted by molar-refractivity contribution is 8.00. The number of aromatic amines is 1. The molecule has 5 rings (SSSR count). The number of anilines is 1. The second-order valence-corrected chi connectivity index (χ2v) is 12.4. The summed E-state index contributed by atoms with van der Waals surface area (Å²) in [6, 6.07) is 7.66. The summed E-state index contributed by atoms with van der Waals surface area (Å²) in [7, 11) is 1.56. The van der Waals surface area contributed by atoms with Crippen LogP contribution in [-0.4, -0.2) is 73.9 Å². The number of rotatable bonds is 13. The van der Waals surface area contributed by atoms with Gasteiger partial charge in [-0.05, 0) is 37.8 Å². The first-order valence-electron chi connectivity index (χ1n) is 14.1. The molecule has 3 amide bonds. The van der Waals surface area contributed by atoms with Gasteiger partial charge in [0.1, 0.15) is 12.1 Å². The van der Waals surface area contributed by atoms with Gasteiger partial charge in [0.15, 0.2) is 11.5 Å². The molecule has 6 N–H and O–H groups in total. The second-order valence-electron chi connectivity index (χ2n) is 11.2. The van der Waals surface area contributed by atoms with Crippen molar-refractivity contribution < 1.29 is 19.1 Å². The highest BCUT2D eigenvalue weighted by Gasteiger charge is 2.60. The van der Waals surface area contributed by atoms with E-state index in [0.717, 1.165) is 36.1 Å². The van der Waals surface area contributed by atoms with E-state index < -0.39 is 0 Å². The number of ether oxygens (including phenoxy) is 2. The number of carbonyl (C=O) groups excluding carboxylic acids is 2. The zero-order chi connectivity index (χ0) is 29.9. The molecule has 2 fully saturated rings. The molecule has 14 heteroatoms. The average molecular weight is 599 g/mol. The molecule has 4 heterocycles. The number of aromatic nitrogens is 4. The molecule has 42 heavy (non-hydrogen) atoms. The zero-order valence-electron chi connectivity index (χ0n) is 24.1. The number of urea groups is 1. The van der Waals surface area contributed by atoms with Gasteiger partial charge >= 0.3 is 17.7 Å². The molecule has 2 aromatic heterocycles. The third-order valence-corrected chi connectivity index (χ3v) is 10.1. The number of H-pyrrole nitrogens is 1. The van der Waals surface area contributed by atoms with Gasteiger partial charge in [-0.2, -0.15) is 21.7 Å². The van der Waals surface area contributed by atoms with Crippen LogP contribution in [0, 0.1) is 0 Å². The Kier molecular flexibility index (Phi) is 8.64. The number of imidazole rings is 1. The van der Waals surface area contributed by atoms with Crippen LogP contribution in [0.3, 0.4) is 0 Å². The van der Waals surface area contributed by atoms with E-state index in [1.54, 1.807) is 7.11 Å². The highest BCUT2D eigenvalue weighted by Crippen LogP contribution is 2.47. The third-order valence-electron chi connectivity index (χ3n) is 8.25. The summed E-state index contributed by atoms with van der Waals surface area (Å²) in [6.45, 7) is 5.54. The first-order valence-corrected chi connectivity index (χ1v) is 15.1. The molecule has 13 nitrogen and oxygen atoms in total. The van der Waals surface area contributed by atoms with Crippen LogP contribution in [-0.2, 0) is 22.6 Å². The summed E-state index contributed by atoms with van der Waals surface area (Å²) < 4.78 is 11.9. The Hall–Kier alpha value is -3.78. The molecular formula is C28H38N8O5S. The van der Waals surface area contributed by atoms with Gasteiger partial charge < -0.3 is 36.1 Å². The summed E-state index contributed by atoms with van der Waals surface area (Å²) in [6.07, 6.45) is 3.13. The zero-order valence-corrected chi connectivity index (χ0v) is 24.9.